The lowest BCUT2D eigenvalue weighted by Crippen LogP contribution is -1.98. The third-order valence-electron chi connectivity index (χ3n) is 2.56. The van der Waals surface area contributed by atoms with Gasteiger partial charge in [-0.15, -0.1) is 0 Å². The van der Waals surface area contributed by atoms with Gasteiger partial charge in [0.25, 0.3) is 0 Å². The van der Waals surface area contributed by atoms with E-state index in [0.717, 1.165) is 22.6 Å². The van der Waals surface area contributed by atoms with Crippen LogP contribution in [0.15, 0.2) is 48.5 Å². The fourth-order valence-corrected chi connectivity index (χ4v) is 1.52. The van der Waals surface area contributed by atoms with Gasteiger partial charge in [-0.2, -0.15) is 0 Å². The van der Waals surface area contributed by atoms with Crippen LogP contribution in [0.5, 0.6) is 5.75 Å². The van der Waals surface area contributed by atoms with Crippen molar-refractivity contribution in [3.63, 3.8) is 0 Å². The summed E-state index contributed by atoms with van der Waals surface area (Å²) >= 11 is 0. The molecule has 2 heteroatoms. The van der Waals surface area contributed by atoms with Gasteiger partial charge in [-0.1, -0.05) is 36.4 Å². The van der Waals surface area contributed by atoms with Crippen LogP contribution in [0.1, 0.15) is 11.1 Å². The Balaban J connectivity index is 2.08. The molecule has 2 nitrogen and oxygen atoms in total. The van der Waals surface area contributed by atoms with Crippen molar-refractivity contribution in [1.29, 1.82) is 0 Å². The van der Waals surface area contributed by atoms with Crippen molar-refractivity contribution in [2.45, 2.75) is 13.5 Å². The molecule has 0 saturated carbocycles. The zero-order valence-corrected chi connectivity index (χ0v) is 9.31. The normalized spacial score (nSPS) is 10.1. The molecule has 0 heterocycles. The van der Waals surface area contributed by atoms with Crippen molar-refractivity contribution in [2.24, 2.45) is 0 Å². The molecule has 0 atom stereocenters. The Kier molecular flexibility index (Phi) is 3.10. The first-order chi connectivity index (χ1) is 7.77. The van der Waals surface area contributed by atoms with Gasteiger partial charge in [0.05, 0.1) is 0 Å². The van der Waals surface area contributed by atoms with Gasteiger partial charge in [0.2, 0.25) is 0 Å². The van der Waals surface area contributed by atoms with Gasteiger partial charge in [0.1, 0.15) is 12.4 Å². The van der Waals surface area contributed by atoms with Crippen molar-refractivity contribution < 1.29 is 4.74 Å². The summed E-state index contributed by atoms with van der Waals surface area (Å²) in [5, 5.41) is 0. The van der Waals surface area contributed by atoms with Crippen LogP contribution in [0, 0.1) is 6.92 Å². The highest BCUT2D eigenvalue weighted by Crippen LogP contribution is 2.23. The van der Waals surface area contributed by atoms with Crippen molar-refractivity contribution >= 4 is 5.69 Å². The molecule has 82 valence electrons. The Bertz CT molecular complexity index is 465. The lowest BCUT2D eigenvalue weighted by molar-refractivity contribution is 0.304. The van der Waals surface area contributed by atoms with Crippen molar-refractivity contribution in [1.82, 2.24) is 0 Å². The highest BCUT2D eigenvalue weighted by Gasteiger charge is 2.02. The Labute approximate surface area is 95.7 Å². The van der Waals surface area contributed by atoms with Gasteiger partial charge >= 0.3 is 0 Å². The quantitative estimate of drug-likeness (QED) is 0.795. The van der Waals surface area contributed by atoms with Gasteiger partial charge in [-0.3, -0.25) is 0 Å². The lowest BCUT2D eigenvalue weighted by Gasteiger charge is -2.10. The smallest absolute Gasteiger partial charge is 0.124 e. The van der Waals surface area contributed by atoms with Crippen LogP contribution in [0.3, 0.4) is 0 Å². The predicted molar refractivity (Wildman–Crippen MR) is 66.4 cm³/mol. The standard InChI is InChI=1S/C14H15NO/c1-11-13(15)8-5-9-14(11)16-10-12-6-3-2-4-7-12/h2-9H,10,15H2,1H3. The minimum absolute atomic E-state index is 0.575. The average Bonchev–Trinajstić information content (AvgIpc) is 2.32. The predicted octanol–water partition coefficient (Wildman–Crippen LogP) is 3.16. The summed E-state index contributed by atoms with van der Waals surface area (Å²) in [5.41, 5.74) is 8.73. The molecule has 0 amide bonds. The van der Waals surface area contributed by atoms with Crippen LogP contribution in [-0.4, -0.2) is 0 Å². The first-order valence-corrected chi connectivity index (χ1v) is 5.29. The third-order valence-corrected chi connectivity index (χ3v) is 2.56. The molecule has 16 heavy (non-hydrogen) atoms. The number of nitrogen functional groups attached to an aromatic ring is 1. The highest BCUT2D eigenvalue weighted by molar-refractivity contribution is 5.53. The van der Waals surface area contributed by atoms with Gasteiger partial charge in [-0.05, 0) is 24.6 Å². The molecule has 2 N–H and O–H groups in total. The molecular formula is C14H15NO. The van der Waals surface area contributed by atoms with E-state index in [1.165, 1.54) is 0 Å². The molecule has 2 rings (SSSR count). The molecule has 2 aromatic rings. The number of hydrogen-bond acceptors (Lipinski definition) is 2. The topological polar surface area (TPSA) is 35.2 Å². The van der Waals surface area contributed by atoms with Crippen LogP contribution < -0.4 is 10.5 Å². The maximum absolute atomic E-state index is 5.81. The van der Waals surface area contributed by atoms with E-state index in [1.54, 1.807) is 0 Å². The zero-order chi connectivity index (χ0) is 11.4. The zero-order valence-electron chi connectivity index (χ0n) is 9.31. The van der Waals surface area contributed by atoms with Crippen LogP contribution in [0.2, 0.25) is 0 Å². The van der Waals surface area contributed by atoms with E-state index < -0.39 is 0 Å². The molecule has 0 saturated heterocycles. The van der Waals surface area contributed by atoms with E-state index >= 15 is 0 Å². The Hall–Kier alpha value is -1.96. The second kappa shape index (κ2) is 4.71. The molecule has 0 aliphatic rings. The minimum atomic E-state index is 0.575. The molecule has 0 aliphatic heterocycles. The maximum atomic E-state index is 5.81. The summed E-state index contributed by atoms with van der Waals surface area (Å²) in [6.07, 6.45) is 0. The fraction of sp³-hybridized carbons (Fsp3) is 0.143. The Morgan fingerprint density at radius 3 is 2.50 bits per heavy atom. The Morgan fingerprint density at radius 2 is 1.75 bits per heavy atom. The molecule has 0 unspecified atom stereocenters. The summed E-state index contributed by atoms with van der Waals surface area (Å²) in [6.45, 7) is 2.54. The van der Waals surface area contributed by atoms with E-state index in [4.69, 9.17) is 10.5 Å². The molecule has 0 aromatic heterocycles. The number of benzene rings is 2. The number of anilines is 1. The van der Waals surface area contributed by atoms with E-state index in [9.17, 15) is 0 Å². The van der Waals surface area contributed by atoms with Gasteiger partial charge in [0, 0.05) is 11.3 Å². The summed E-state index contributed by atoms with van der Waals surface area (Å²) in [7, 11) is 0. The summed E-state index contributed by atoms with van der Waals surface area (Å²) < 4.78 is 5.72. The molecule has 0 bridgehead atoms. The second-order valence-electron chi connectivity index (χ2n) is 3.74. The van der Waals surface area contributed by atoms with Gasteiger partial charge in [-0.25, -0.2) is 0 Å². The molecule has 0 aliphatic carbocycles. The molecular weight excluding hydrogens is 198 g/mol. The molecule has 0 radical (unpaired) electrons. The average molecular weight is 213 g/mol. The number of hydrogen-bond donors (Lipinski definition) is 1. The van der Waals surface area contributed by atoms with Gasteiger partial charge in [0.15, 0.2) is 0 Å². The summed E-state index contributed by atoms with van der Waals surface area (Å²) in [5.74, 6) is 0.851. The lowest BCUT2D eigenvalue weighted by atomic mass is 10.2. The Morgan fingerprint density at radius 1 is 1.00 bits per heavy atom. The van der Waals surface area contributed by atoms with Gasteiger partial charge < -0.3 is 10.5 Å². The van der Waals surface area contributed by atoms with Crippen LogP contribution in [0.25, 0.3) is 0 Å². The summed E-state index contributed by atoms with van der Waals surface area (Å²) in [6, 6.07) is 15.8. The monoisotopic (exact) mass is 213 g/mol. The highest BCUT2D eigenvalue weighted by atomic mass is 16.5. The first-order valence-electron chi connectivity index (χ1n) is 5.29. The molecule has 2 aromatic carbocycles. The number of ether oxygens (including phenoxy) is 1. The third kappa shape index (κ3) is 2.34. The largest absolute Gasteiger partial charge is 0.489 e. The van der Waals surface area contributed by atoms with E-state index in [0.29, 0.717) is 6.61 Å². The van der Waals surface area contributed by atoms with Crippen molar-refractivity contribution in [2.75, 3.05) is 5.73 Å². The number of nitrogens with two attached hydrogens (primary N) is 1. The maximum Gasteiger partial charge on any atom is 0.124 e. The fourth-order valence-electron chi connectivity index (χ4n) is 1.52. The summed E-state index contributed by atoms with van der Waals surface area (Å²) in [4.78, 5) is 0. The van der Waals surface area contributed by atoms with E-state index in [-0.39, 0.29) is 0 Å². The SMILES string of the molecule is Cc1c(N)cccc1OCc1ccccc1. The van der Waals surface area contributed by atoms with Crippen LogP contribution in [-0.2, 0) is 6.61 Å². The molecule has 0 fully saturated rings. The van der Waals surface area contributed by atoms with E-state index in [2.05, 4.69) is 0 Å². The van der Waals surface area contributed by atoms with E-state index in [1.807, 2.05) is 55.5 Å². The van der Waals surface area contributed by atoms with Crippen molar-refractivity contribution in [3.8, 4) is 5.75 Å². The molecule has 0 spiro atoms. The van der Waals surface area contributed by atoms with Crippen LogP contribution >= 0.6 is 0 Å². The van der Waals surface area contributed by atoms with Crippen molar-refractivity contribution in [3.05, 3.63) is 59.7 Å². The van der Waals surface area contributed by atoms with Crippen LogP contribution in [0.4, 0.5) is 5.69 Å². The minimum Gasteiger partial charge on any atom is -0.489 e. The second-order valence-corrected chi connectivity index (χ2v) is 3.74. The number of rotatable bonds is 3. The first kappa shape index (κ1) is 10.6.